The Morgan fingerprint density at radius 1 is 1.06 bits per heavy atom. The van der Waals surface area contributed by atoms with Crippen molar-refractivity contribution in [1.29, 1.82) is 0 Å². The maximum atomic E-state index is 12.8. The number of piperidine rings is 1. The zero-order valence-electron chi connectivity index (χ0n) is 19.2. The third kappa shape index (κ3) is 4.81. The molecule has 2 heterocycles. The van der Waals surface area contributed by atoms with Crippen molar-refractivity contribution in [3.8, 4) is 0 Å². The van der Waals surface area contributed by atoms with Crippen LogP contribution in [0.15, 0.2) is 17.1 Å². The quantitative estimate of drug-likeness (QED) is 0.193. The average Bonchev–Trinajstić information content (AvgIpc) is 3.44. The highest BCUT2D eigenvalue weighted by Crippen LogP contribution is 2.52. The third-order valence-electron chi connectivity index (χ3n) is 7.57. The number of carbonyl (C=O) groups excluding carboxylic acids is 2. The van der Waals surface area contributed by atoms with E-state index in [9.17, 15) is 9.59 Å². The Kier molecular flexibility index (Phi) is 7.31. The minimum atomic E-state index is -0.0902. The minimum Gasteiger partial charge on any atom is -0.357 e. The van der Waals surface area contributed by atoms with Gasteiger partial charge in [0, 0.05) is 38.8 Å². The second-order valence-corrected chi connectivity index (χ2v) is 9.60. The van der Waals surface area contributed by atoms with Gasteiger partial charge >= 0.3 is 0 Å². The zero-order chi connectivity index (χ0) is 21.8. The molecule has 5 unspecified atom stereocenters. The van der Waals surface area contributed by atoms with E-state index in [1.54, 1.807) is 0 Å². The summed E-state index contributed by atoms with van der Waals surface area (Å²) in [5, 5.41) is 6.73. The summed E-state index contributed by atoms with van der Waals surface area (Å²) >= 11 is 0. The molecule has 0 aromatic heterocycles. The Balaban J connectivity index is 1.18. The number of nitrogens with zero attached hydrogens (tertiary/aromatic N) is 3. The highest BCUT2D eigenvalue weighted by molar-refractivity contribution is 6.06. The number of carbonyl (C=O) groups is 2. The van der Waals surface area contributed by atoms with Gasteiger partial charge in [0.2, 0.25) is 11.8 Å². The van der Waals surface area contributed by atoms with Crippen LogP contribution in [0.1, 0.15) is 52.4 Å². The van der Waals surface area contributed by atoms with Crippen LogP contribution in [-0.2, 0) is 9.59 Å². The Bertz CT molecular complexity index is 691. The largest absolute Gasteiger partial charge is 0.357 e. The normalized spacial score (nSPS) is 32.8. The number of rotatable bonds is 9. The van der Waals surface area contributed by atoms with Gasteiger partial charge in [-0.3, -0.25) is 19.5 Å². The number of fused-ring (bicyclic) bond motifs is 5. The first-order chi connectivity index (χ1) is 15.1. The van der Waals surface area contributed by atoms with Crippen LogP contribution >= 0.6 is 0 Å². The summed E-state index contributed by atoms with van der Waals surface area (Å²) in [6.07, 6.45) is 11.1. The van der Waals surface area contributed by atoms with Crippen LogP contribution in [0, 0.1) is 23.7 Å². The molecule has 3 fully saturated rings. The Morgan fingerprint density at radius 3 is 2.48 bits per heavy atom. The molecule has 2 amide bonds. The number of guanidine groups is 1. The van der Waals surface area contributed by atoms with Gasteiger partial charge in [0.25, 0.3) is 0 Å². The molecule has 7 heteroatoms. The number of hydrogen-bond donors (Lipinski definition) is 2. The van der Waals surface area contributed by atoms with Gasteiger partial charge in [-0.1, -0.05) is 18.6 Å². The van der Waals surface area contributed by atoms with E-state index < -0.39 is 0 Å². The molecule has 172 valence electrons. The molecule has 7 nitrogen and oxygen atoms in total. The topological polar surface area (TPSA) is 77.0 Å². The van der Waals surface area contributed by atoms with Gasteiger partial charge in [0.05, 0.1) is 11.8 Å². The standard InChI is InChI=1S/C24H39N5O2/c1-3-25-24(26-11-6-14-28-13-5-4-8-17(28)2)27-12-7-15-29-22(30)20-18-9-10-19(16-18)21(20)23(29)31/h9-10,17-21H,3-8,11-16H2,1-2H3,(H2,25,26,27). The van der Waals surface area contributed by atoms with Gasteiger partial charge in [0.15, 0.2) is 5.96 Å². The minimum absolute atomic E-state index is 0.0489. The average molecular weight is 430 g/mol. The van der Waals surface area contributed by atoms with E-state index in [-0.39, 0.29) is 35.5 Å². The van der Waals surface area contributed by atoms with Crippen LogP contribution < -0.4 is 10.6 Å². The summed E-state index contributed by atoms with van der Waals surface area (Å²) < 4.78 is 0. The number of aliphatic imine (C=N–C) groups is 1. The summed E-state index contributed by atoms with van der Waals surface area (Å²) in [5.41, 5.74) is 0. The molecule has 31 heavy (non-hydrogen) atoms. The molecule has 0 aromatic carbocycles. The van der Waals surface area contributed by atoms with Crippen LogP contribution in [0.2, 0.25) is 0 Å². The Morgan fingerprint density at radius 2 is 1.81 bits per heavy atom. The van der Waals surface area contributed by atoms with Gasteiger partial charge in [-0.15, -0.1) is 0 Å². The molecule has 0 aromatic rings. The molecule has 0 radical (unpaired) electrons. The fraction of sp³-hybridized carbons (Fsp3) is 0.792. The number of nitrogens with one attached hydrogen (secondary N) is 2. The van der Waals surface area contributed by atoms with E-state index in [2.05, 4.69) is 46.5 Å². The highest BCUT2D eigenvalue weighted by atomic mass is 16.2. The Hall–Kier alpha value is -1.89. The summed E-state index contributed by atoms with van der Waals surface area (Å²) in [6.45, 7) is 9.57. The number of imide groups is 1. The highest BCUT2D eigenvalue weighted by Gasteiger charge is 2.58. The van der Waals surface area contributed by atoms with Crippen molar-refractivity contribution in [3.05, 3.63) is 12.2 Å². The lowest BCUT2D eigenvalue weighted by Crippen LogP contribution is -2.41. The first-order valence-corrected chi connectivity index (χ1v) is 12.4. The van der Waals surface area contributed by atoms with Gasteiger partial charge in [-0.2, -0.15) is 0 Å². The Labute approximate surface area is 186 Å². The molecule has 2 aliphatic carbocycles. The van der Waals surface area contributed by atoms with Crippen molar-refractivity contribution in [2.75, 3.05) is 39.3 Å². The van der Waals surface area contributed by atoms with Crippen molar-refractivity contribution >= 4 is 17.8 Å². The first kappa shape index (κ1) is 22.3. The second kappa shape index (κ2) is 10.2. The van der Waals surface area contributed by atoms with Gasteiger partial charge < -0.3 is 15.5 Å². The lowest BCUT2D eigenvalue weighted by atomic mass is 9.85. The summed E-state index contributed by atoms with van der Waals surface area (Å²) in [4.78, 5) is 34.3. The van der Waals surface area contributed by atoms with E-state index >= 15 is 0 Å². The second-order valence-electron chi connectivity index (χ2n) is 9.60. The van der Waals surface area contributed by atoms with Gasteiger partial charge in [0.1, 0.15) is 0 Å². The summed E-state index contributed by atoms with van der Waals surface area (Å²) in [5.74, 6) is 1.31. The van der Waals surface area contributed by atoms with Crippen molar-refractivity contribution in [2.45, 2.75) is 58.4 Å². The number of likely N-dealkylation sites (tertiary alicyclic amines) is 2. The molecule has 1 saturated carbocycles. The monoisotopic (exact) mass is 429 g/mol. The molecule has 2 N–H and O–H groups in total. The van der Waals surface area contributed by atoms with Crippen LogP contribution in [0.4, 0.5) is 0 Å². The van der Waals surface area contributed by atoms with Crippen molar-refractivity contribution in [1.82, 2.24) is 20.4 Å². The SMILES string of the molecule is CCNC(=NCCCN1C(=O)C2C3C=CC(C3)C2C1=O)NCCCN1CCCCC1C. The number of hydrogen-bond acceptors (Lipinski definition) is 4. The van der Waals surface area contributed by atoms with E-state index in [4.69, 9.17) is 0 Å². The molecule has 5 atom stereocenters. The predicted octanol–water partition coefficient (Wildman–Crippen LogP) is 2.00. The molecular weight excluding hydrogens is 390 g/mol. The smallest absolute Gasteiger partial charge is 0.233 e. The van der Waals surface area contributed by atoms with Crippen LogP contribution in [0.3, 0.4) is 0 Å². The van der Waals surface area contributed by atoms with Crippen molar-refractivity contribution < 1.29 is 9.59 Å². The fourth-order valence-corrected chi connectivity index (χ4v) is 5.92. The van der Waals surface area contributed by atoms with Crippen LogP contribution in [0.25, 0.3) is 0 Å². The van der Waals surface area contributed by atoms with E-state index in [1.165, 1.54) is 30.7 Å². The van der Waals surface area contributed by atoms with Gasteiger partial charge in [-0.25, -0.2) is 0 Å². The zero-order valence-corrected chi connectivity index (χ0v) is 19.2. The molecule has 2 bridgehead atoms. The maximum absolute atomic E-state index is 12.8. The predicted molar refractivity (Wildman–Crippen MR) is 123 cm³/mol. The lowest BCUT2D eigenvalue weighted by Gasteiger charge is -2.33. The first-order valence-electron chi connectivity index (χ1n) is 12.4. The van der Waals surface area contributed by atoms with Crippen LogP contribution in [-0.4, -0.2) is 72.9 Å². The van der Waals surface area contributed by atoms with Crippen LogP contribution in [0.5, 0.6) is 0 Å². The molecule has 4 rings (SSSR count). The van der Waals surface area contributed by atoms with E-state index in [0.29, 0.717) is 25.6 Å². The molecular formula is C24H39N5O2. The number of amides is 2. The summed E-state index contributed by atoms with van der Waals surface area (Å²) in [7, 11) is 0. The van der Waals surface area contributed by atoms with E-state index in [1.807, 2.05) is 0 Å². The molecule has 4 aliphatic rings. The summed E-state index contributed by atoms with van der Waals surface area (Å²) in [6, 6.07) is 0.706. The van der Waals surface area contributed by atoms with Gasteiger partial charge in [-0.05, 0) is 64.3 Å². The van der Waals surface area contributed by atoms with Crippen molar-refractivity contribution in [3.63, 3.8) is 0 Å². The maximum Gasteiger partial charge on any atom is 0.233 e. The fourth-order valence-electron chi connectivity index (χ4n) is 5.92. The lowest BCUT2D eigenvalue weighted by molar-refractivity contribution is -0.140. The third-order valence-corrected chi connectivity index (χ3v) is 7.57. The molecule has 2 saturated heterocycles. The molecule has 0 spiro atoms. The molecule has 2 aliphatic heterocycles. The number of allylic oxidation sites excluding steroid dienone is 2. The van der Waals surface area contributed by atoms with E-state index in [0.717, 1.165) is 38.4 Å². The van der Waals surface area contributed by atoms with Crippen molar-refractivity contribution in [2.24, 2.45) is 28.7 Å².